The van der Waals surface area contributed by atoms with E-state index in [9.17, 15) is 0 Å². The summed E-state index contributed by atoms with van der Waals surface area (Å²) in [5.41, 5.74) is 0. The first-order chi connectivity index (χ1) is 17.4. The Morgan fingerprint density at radius 2 is 0.833 bits per heavy atom. The van der Waals surface area contributed by atoms with Gasteiger partial charge in [0.05, 0.1) is 6.16 Å². The third-order valence-electron chi connectivity index (χ3n) is 6.89. The van der Waals surface area contributed by atoms with Crippen molar-refractivity contribution in [3.8, 4) is 0 Å². The Hall–Kier alpha value is -0.710. The minimum absolute atomic E-state index is 0. The van der Waals surface area contributed by atoms with Crippen LogP contribution in [0.4, 0.5) is 0 Å². The molecule has 0 radical (unpaired) electrons. The van der Waals surface area contributed by atoms with Crippen LogP contribution in [0.5, 0.6) is 0 Å². The molecule has 0 bridgehead atoms. The molecule has 0 nitrogen and oxygen atoms in total. The van der Waals surface area contributed by atoms with Crippen molar-refractivity contribution in [3.63, 3.8) is 0 Å². The summed E-state index contributed by atoms with van der Waals surface area (Å²) in [6.07, 6.45) is 21.3. The van der Waals surface area contributed by atoms with Gasteiger partial charge in [-0.2, -0.15) is 0 Å². The van der Waals surface area contributed by atoms with Crippen LogP contribution in [0.25, 0.3) is 0 Å². The van der Waals surface area contributed by atoms with Gasteiger partial charge in [0.25, 0.3) is 0 Å². The second-order valence-electron chi connectivity index (χ2n) is 9.48. The summed E-state index contributed by atoms with van der Waals surface area (Å²) in [7, 11) is -1.72. The lowest BCUT2D eigenvalue weighted by Crippen LogP contribution is -3.00. The van der Waals surface area contributed by atoms with Crippen LogP contribution >= 0.6 is 29.9 Å². The van der Waals surface area contributed by atoms with Crippen LogP contribution in [0.15, 0.2) is 103 Å². The summed E-state index contributed by atoms with van der Waals surface area (Å²) in [6, 6.07) is 33.6. The summed E-state index contributed by atoms with van der Waals surface area (Å²) in [6.45, 7) is 0. The summed E-state index contributed by atoms with van der Waals surface area (Å²) in [4.78, 5) is 0. The Bertz CT molecular complexity index is 845. The van der Waals surface area contributed by atoms with Gasteiger partial charge in [0.15, 0.2) is 0 Å². The predicted molar refractivity (Wildman–Crippen MR) is 169 cm³/mol. The maximum absolute atomic E-state index is 2.49. The van der Waals surface area contributed by atoms with Gasteiger partial charge in [-0.25, -0.2) is 0 Å². The minimum atomic E-state index is -1.72. The highest BCUT2D eigenvalue weighted by Crippen LogP contribution is 2.55. The molecule has 3 rings (SSSR count). The van der Waals surface area contributed by atoms with Crippen LogP contribution in [-0.4, -0.2) is 10.6 Å². The molecule has 0 N–H and O–H groups in total. The Morgan fingerprint density at radius 1 is 0.472 bits per heavy atom. The molecule has 3 aromatic rings. The van der Waals surface area contributed by atoms with Crippen molar-refractivity contribution >= 4 is 45.8 Å². The topological polar surface area (TPSA) is 0 Å². The van der Waals surface area contributed by atoms with Crippen LogP contribution in [0.1, 0.15) is 70.6 Å². The maximum atomic E-state index is 2.49. The smallest absolute Gasteiger partial charge is 0.115 e. The van der Waals surface area contributed by atoms with Crippen molar-refractivity contribution < 1.29 is 24.0 Å². The van der Waals surface area contributed by atoms with Gasteiger partial charge in [0.2, 0.25) is 0 Å². The van der Waals surface area contributed by atoms with Crippen LogP contribution in [0.3, 0.4) is 0 Å². The SMILES string of the molecule is ICCCCCCCCCCCCC=CC[P+](c1ccccc1)(c1ccccc1)c1ccccc1.[I-]. The number of unbranched alkanes of at least 4 members (excludes halogenated alkanes) is 10. The van der Waals surface area contributed by atoms with E-state index in [0.29, 0.717) is 0 Å². The number of allylic oxidation sites excluding steroid dienone is 2. The van der Waals surface area contributed by atoms with Crippen molar-refractivity contribution in [2.45, 2.75) is 70.6 Å². The third-order valence-corrected chi connectivity index (χ3v) is 12.0. The lowest BCUT2D eigenvalue weighted by atomic mass is 10.1. The lowest BCUT2D eigenvalue weighted by molar-refractivity contribution is -0.00000692. The van der Waals surface area contributed by atoms with Crippen LogP contribution < -0.4 is 39.9 Å². The Morgan fingerprint density at radius 3 is 1.22 bits per heavy atom. The molecule has 0 aliphatic rings. The largest absolute Gasteiger partial charge is 1.00 e. The number of rotatable bonds is 17. The van der Waals surface area contributed by atoms with E-state index >= 15 is 0 Å². The number of hydrogen-bond donors (Lipinski definition) is 0. The summed E-state index contributed by atoms with van der Waals surface area (Å²) in [5, 5.41) is 4.41. The van der Waals surface area contributed by atoms with E-state index in [2.05, 4.69) is 126 Å². The molecule has 0 spiro atoms. The van der Waals surface area contributed by atoms with Crippen molar-refractivity contribution in [2.75, 3.05) is 10.6 Å². The van der Waals surface area contributed by atoms with Gasteiger partial charge in [-0.05, 0) is 60.1 Å². The Balaban J connectivity index is 0.00000456. The standard InChI is InChI=1S/C33H43IP.HI/c34-29-21-10-8-6-4-2-1-3-5-7-9-11-22-30-35(31-23-15-12-16-24-31,32-25-17-13-18-26-32)33-27-19-14-20-28-33;/h11-20,22-28H,1-10,21,29-30H2;1H/q+1;/p-1. The molecule has 0 aliphatic carbocycles. The fourth-order valence-electron chi connectivity index (χ4n) is 4.93. The molecule has 0 fully saturated rings. The van der Waals surface area contributed by atoms with E-state index in [4.69, 9.17) is 0 Å². The van der Waals surface area contributed by atoms with Crippen molar-refractivity contribution in [3.05, 3.63) is 103 Å². The quantitative estimate of drug-likeness (QED) is 0.0507. The highest BCUT2D eigenvalue weighted by Gasteiger charge is 2.43. The average Bonchev–Trinajstić information content (AvgIpc) is 2.93. The van der Waals surface area contributed by atoms with E-state index in [-0.39, 0.29) is 24.0 Å². The third kappa shape index (κ3) is 10.2. The monoisotopic (exact) mass is 724 g/mol. The molecule has 0 aliphatic heterocycles. The number of benzene rings is 3. The summed E-state index contributed by atoms with van der Waals surface area (Å²) >= 11 is 2.49. The summed E-state index contributed by atoms with van der Waals surface area (Å²) in [5.74, 6) is 0. The van der Waals surface area contributed by atoms with Crippen molar-refractivity contribution in [1.29, 1.82) is 0 Å². The molecule has 0 amide bonds. The average molecular weight is 724 g/mol. The molecule has 194 valence electrons. The van der Waals surface area contributed by atoms with Crippen molar-refractivity contribution in [2.24, 2.45) is 0 Å². The van der Waals surface area contributed by atoms with E-state index in [1.54, 1.807) is 0 Å². The molecule has 3 aromatic carbocycles. The van der Waals surface area contributed by atoms with Gasteiger partial charge >= 0.3 is 0 Å². The predicted octanol–water partition coefficient (Wildman–Crippen LogP) is 6.27. The fourth-order valence-corrected chi connectivity index (χ4v) is 9.51. The van der Waals surface area contributed by atoms with E-state index in [0.717, 1.165) is 6.16 Å². The second-order valence-corrected chi connectivity index (χ2v) is 14.1. The fraction of sp³-hybridized carbons (Fsp3) is 0.394. The molecule has 0 saturated carbocycles. The highest BCUT2D eigenvalue weighted by atomic mass is 127. The minimum Gasteiger partial charge on any atom is -1.00 e. The second kappa shape index (κ2) is 19.4. The van der Waals surface area contributed by atoms with Gasteiger partial charge in [0.1, 0.15) is 23.2 Å². The molecule has 0 saturated heterocycles. The van der Waals surface area contributed by atoms with Gasteiger partial charge in [-0.1, -0.05) is 141 Å². The zero-order chi connectivity index (χ0) is 24.4. The molecule has 0 atom stereocenters. The molecule has 0 unspecified atom stereocenters. The summed E-state index contributed by atoms with van der Waals surface area (Å²) < 4.78 is 1.32. The molecule has 36 heavy (non-hydrogen) atoms. The first kappa shape index (κ1) is 31.5. The normalized spacial score (nSPS) is 11.5. The van der Waals surface area contributed by atoms with Crippen LogP contribution in [0.2, 0.25) is 0 Å². The van der Waals surface area contributed by atoms with Crippen LogP contribution in [0, 0.1) is 0 Å². The molecular formula is C33H43I2P. The highest BCUT2D eigenvalue weighted by molar-refractivity contribution is 14.1. The lowest BCUT2D eigenvalue weighted by Gasteiger charge is -2.26. The van der Waals surface area contributed by atoms with Gasteiger partial charge in [-0.15, -0.1) is 0 Å². The maximum Gasteiger partial charge on any atom is 0.115 e. The number of halogens is 2. The first-order valence-corrected chi connectivity index (χ1v) is 17.1. The Labute approximate surface area is 252 Å². The van der Waals surface area contributed by atoms with Gasteiger partial charge in [0, 0.05) is 0 Å². The molecule has 3 heteroatoms. The molecular weight excluding hydrogens is 681 g/mol. The molecule has 0 aromatic heterocycles. The van der Waals surface area contributed by atoms with Crippen molar-refractivity contribution in [1.82, 2.24) is 0 Å². The first-order valence-electron chi connectivity index (χ1n) is 13.6. The molecule has 0 heterocycles. The van der Waals surface area contributed by atoms with E-state index in [1.807, 2.05) is 0 Å². The number of hydrogen-bond acceptors (Lipinski definition) is 0. The van der Waals surface area contributed by atoms with Crippen LogP contribution in [-0.2, 0) is 0 Å². The zero-order valence-electron chi connectivity index (χ0n) is 21.7. The zero-order valence-corrected chi connectivity index (χ0v) is 26.9. The van der Waals surface area contributed by atoms with E-state index < -0.39 is 7.26 Å². The Kier molecular flexibility index (Phi) is 17.0. The van der Waals surface area contributed by atoms with E-state index in [1.165, 1.54) is 91.0 Å². The van der Waals surface area contributed by atoms with Gasteiger partial charge in [-0.3, -0.25) is 0 Å². The van der Waals surface area contributed by atoms with Gasteiger partial charge < -0.3 is 24.0 Å². The number of alkyl halides is 1.